The van der Waals surface area contributed by atoms with E-state index in [-0.39, 0.29) is 5.91 Å². The summed E-state index contributed by atoms with van der Waals surface area (Å²) in [5, 5.41) is 9.34. The number of carbonyl (C=O) groups excluding carboxylic acids is 1. The molecule has 96 valence electrons. The molecule has 1 saturated heterocycles. The largest absolute Gasteiger partial charge is 0.480 e. The first-order valence-electron chi connectivity index (χ1n) is 5.86. The van der Waals surface area contributed by atoms with Gasteiger partial charge in [0.2, 0.25) is 0 Å². The Balaban J connectivity index is 2.30. The monoisotopic (exact) mass is 249 g/mol. The van der Waals surface area contributed by atoms with E-state index in [0.29, 0.717) is 18.5 Å². The average Bonchev–Trinajstić information content (AvgIpc) is 2.39. The molecule has 1 fully saturated rings. The molecule has 2 heterocycles. The van der Waals surface area contributed by atoms with Crippen molar-refractivity contribution in [3.8, 4) is 0 Å². The molecule has 0 aromatic carbocycles. The van der Waals surface area contributed by atoms with Crippen molar-refractivity contribution >= 4 is 11.9 Å². The van der Waals surface area contributed by atoms with Gasteiger partial charge in [-0.25, -0.2) is 14.8 Å². The zero-order valence-electron chi connectivity index (χ0n) is 10.2. The molecule has 0 saturated carbocycles. The predicted octanol–water partition coefficient (Wildman–Crippen LogP) is 0.946. The number of carbonyl (C=O) groups is 2. The number of nitrogens with zero attached hydrogens (tertiary/aromatic N) is 3. The molecular formula is C12H15N3O3. The Morgan fingerprint density at radius 2 is 2.00 bits per heavy atom. The number of amides is 1. The first-order chi connectivity index (χ1) is 8.55. The van der Waals surface area contributed by atoms with Crippen LogP contribution in [0.4, 0.5) is 0 Å². The molecular weight excluding hydrogens is 234 g/mol. The van der Waals surface area contributed by atoms with Crippen LogP contribution in [0.5, 0.6) is 0 Å². The lowest BCUT2D eigenvalue weighted by molar-refractivity contribution is -0.150. The maximum Gasteiger partial charge on any atom is 0.329 e. The van der Waals surface area contributed by atoms with Crippen LogP contribution in [0.15, 0.2) is 18.7 Å². The Hall–Kier alpha value is -1.98. The van der Waals surface area contributed by atoms with Crippen LogP contribution in [0, 0.1) is 0 Å². The van der Waals surface area contributed by atoms with E-state index in [0.717, 1.165) is 12.8 Å². The van der Waals surface area contributed by atoms with Gasteiger partial charge in [-0.15, -0.1) is 0 Å². The maximum atomic E-state index is 12.3. The highest BCUT2D eigenvalue weighted by atomic mass is 16.4. The zero-order valence-corrected chi connectivity index (χ0v) is 10.2. The van der Waals surface area contributed by atoms with E-state index in [1.54, 1.807) is 6.92 Å². The highest BCUT2D eigenvalue weighted by Gasteiger charge is 2.44. The molecule has 0 aliphatic carbocycles. The number of carboxylic acids is 1. The van der Waals surface area contributed by atoms with Crippen LogP contribution in [-0.2, 0) is 4.79 Å². The van der Waals surface area contributed by atoms with Gasteiger partial charge in [-0.05, 0) is 26.2 Å². The summed E-state index contributed by atoms with van der Waals surface area (Å²) in [4.78, 5) is 32.7. The molecule has 1 N–H and O–H groups in total. The molecule has 0 bridgehead atoms. The van der Waals surface area contributed by atoms with Crippen LogP contribution < -0.4 is 0 Å². The van der Waals surface area contributed by atoms with E-state index >= 15 is 0 Å². The Morgan fingerprint density at radius 1 is 1.33 bits per heavy atom. The Morgan fingerprint density at radius 3 is 2.61 bits per heavy atom. The number of aromatic nitrogens is 2. The lowest BCUT2D eigenvalue weighted by Gasteiger charge is -2.41. The molecule has 6 heteroatoms. The third-order valence-electron chi connectivity index (χ3n) is 3.40. The van der Waals surface area contributed by atoms with Crippen molar-refractivity contribution in [1.29, 1.82) is 0 Å². The van der Waals surface area contributed by atoms with E-state index in [1.165, 1.54) is 23.6 Å². The smallest absolute Gasteiger partial charge is 0.329 e. The number of hydrogen-bond acceptors (Lipinski definition) is 4. The van der Waals surface area contributed by atoms with Gasteiger partial charge in [-0.3, -0.25) is 4.79 Å². The third kappa shape index (κ3) is 2.05. The fraction of sp³-hybridized carbons (Fsp3) is 0.500. The first kappa shape index (κ1) is 12.5. The number of rotatable bonds is 2. The predicted molar refractivity (Wildman–Crippen MR) is 63.0 cm³/mol. The van der Waals surface area contributed by atoms with Crippen LogP contribution in [0.3, 0.4) is 0 Å². The van der Waals surface area contributed by atoms with Crippen molar-refractivity contribution in [2.24, 2.45) is 0 Å². The average molecular weight is 249 g/mol. The summed E-state index contributed by atoms with van der Waals surface area (Å²) in [6.07, 6.45) is 6.27. The minimum atomic E-state index is -1.13. The Kier molecular flexibility index (Phi) is 3.27. The van der Waals surface area contributed by atoms with E-state index in [1.807, 2.05) is 0 Å². The summed E-state index contributed by atoms with van der Waals surface area (Å²) < 4.78 is 0. The van der Waals surface area contributed by atoms with Crippen LogP contribution in [0.25, 0.3) is 0 Å². The summed E-state index contributed by atoms with van der Waals surface area (Å²) in [5.74, 6) is -1.28. The molecule has 1 unspecified atom stereocenters. The van der Waals surface area contributed by atoms with Crippen LogP contribution in [0.2, 0.25) is 0 Å². The topological polar surface area (TPSA) is 83.4 Å². The van der Waals surface area contributed by atoms with Crippen molar-refractivity contribution in [3.63, 3.8) is 0 Å². The standard InChI is InChI=1S/C12H15N3O3/c1-12(11(17)18)4-2-3-5-15(12)10(16)9-6-13-8-14-7-9/h6-8H,2-5H2,1H3,(H,17,18). The minimum absolute atomic E-state index is 0.319. The molecule has 18 heavy (non-hydrogen) atoms. The number of carboxylic acid groups (broad SMARTS) is 1. The third-order valence-corrected chi connectivity index (χ3v) is 3.40. The number of likely N-dealkylation sites (tertiary alicyclic amines) is 1. The lowest BCUT2D eigenvalue weighted by Crippen LogP contribution is -2.57. The minimum Gasteiger partial charge on any atom is -0.480 e. The second-order valence-electron chi connectivity index (χ2n) is 4.62. The summed E-state index contributed by atoms with van der Waals surface area (Å²) >= 11 is 0. The van der Waals surface area contributed by atoms with Gasteiger partial charge in [0.25, 0.3) is 5.91 Å². The quantitative estimate of drug-likeness (QED) is 0.843. The van der Waals surface area contributed by atoms with Crippen LogP contribution in [0.1, 0.15) is 36.5 Å². The highest BCUT2D eigenvalue weighted by Crippen LogP contribution is 2.29. The molecule has 0 radical (unpaired) electrons. The second-order valence-corrected chi connectivity index (χ2v) is 4.62. The summed E-state index contributed by atoms with van der Waals surface area (Å²) in [7, 11) is 0. The van der Waals surface area contributed by atoms with Gasteiger partial charge in [0.15, 0.2) is 0 Å². The molecule has 6 nitrogen and oxygen atoms in total. The summed E-state index contributed by atoms with van der Waals surface area (Å²) in [6.45, 7) is 2.05. The van der Waals surface area contributed by atoms with E-state index in [4.69, 9.17) is 0 Å². The van der Waals surface area contributed by atoms with Crippen molar-refractivity contribution < 1.29 is 14.7 Å². The lowest BCUT2D eigenvalue weighted by atomic mass is 9.88. The fourth-order valence-corrected chi connectivity index (χ4v) is 2.23. The van der Waals surface area contributed by atoms with Gasteiger partial charge in [-0.2, -0.15) is 0 Å². The van der Waals surface area contributed by atoms with E-state index in [9.17, 15) is 14.7 Å². The van der Waals surface area contributed by atoms with Gasteiger partial charge < -0.3 is 10.0 Å². The van der Waals surface area contributed by atoms with Gasteiger partial charge in [0.05, 0.1) is 5.56 Å². The molecule has 1 atom stereocenters. The van der Waals surface area contributed by atoms with Gasteiger partial charge >= 0.3 is 5.97 Å². The Bertz CT molecular complexity index is 463. The van der Waals surface area contributed by atoms with Gasteiger partial charge in [0.1, 0.15) is 11.9 Å². The van der Waals surface area contributed by atoms with Gasteiger partial charge in [-0.1, -0.05) is 0 Å². The van der Waals surface area contributed by atoms with Gasteiger partial charge in [0, 0.05) is 18.9 Å². The second kappa shape index (κ2) is 4.72. The molecule has 1 aromatic heterocycles. The maximum absolute atomic E-state index is 12.3. The number of aliphatic carboxylic acids is 1. The summed E-state index contributed by atoms with van der Waals surface area (Å²) in [6, 6.07) is 0. The Labute approximate surface area is 105 Å². The highest BCUT2D eigenvalue weighted by molar-refractivity contribution is 5.97. The molecule has 2 rings (SSSR count). The fourth-order valence-electron chi connectivity index (χ4n) is 2.23. The van der Waals surface area contributed by atoms with Crippen molar-refractivity contribution in [3.05, 3.63) is 24.3 Å². The van der Waals surface area contributed by atoms with Crippen LogP contribution >= 0.6 is 0 Å². The van der Waals surface area contributed by atoms with Crippen molar-refractivity contribution in [2.75, 3.05) is 6.54 Å². The van der Waals surface area contributed by atoms with E-state index < -0.39 is 11.5 Å². The molecule has 0 spiro atoms. The molecule has 1 amide bonds. The van der Waals surface area contributed by atoms with Crippen molar-refractivity contribution in [1.82, 2.24) is 14.9 Å². The molecule has 1 aliphatic rings. The first-order valence-corrected chi connectivity index (χ1v) is 5.86. The van der Waals surface area contributed by atoms with Crippen LogP contribution in [-0.4, -0.2) is 43.9 Å². The SMILES string of the molecule is CC1(C(=O)O)CCCCN1C(=O)c1cncnc1. The zero-order chi connectivity index (χ0) is 13.2. The normalized spacial score (nSPS) is 23.7. The molecule has 1 aliphatic heterocycles. The number of piperidine rings is 1. The van der Waals surface area contributed by atoms with E-state index in [2.05, 4.69) is 9.97 Å². The molecule has 1 aromatic rings. The summed E-state index contributed by atoms with van der Waals surface area (Å²) in [5.41, 5.74) is -0.808. The number of hydrogen-bond donors (Lipinski definition) is 1. The van der Waals surface area contributed by atoms with Crippen molar-refractivity contribution in [2.45, 2.75) is 31.7 Å².